The van der Waals surface area contributed by atoms with E-state index < -0.39 is 0 Å². The Labute approximate surface area is 110 Å². The fraction of sp³-hybridized carbons (Fsp3) is 0.600. The van der Waals surface area contributed by atoms with E-state index in [0.29, 0.717) is 6.04 Å². The van der Waals surface area contributed by atoms with E-state index in [2.05, 4.69) is 49.7 Å². The van der Waals surface area contributed by atoms with Crippen LogP contribution in [-0.2, 0) is 0 Å². The minimum atomic E-state index is 0.523. The lowest BCUT2D eigenvalue weighted by Gasteiger charge is -2.20. The van der Waals surface area contributed by atoms with Crippen LogP contribution in [-0.4, -0.2) is 12.8 Å². The van der Waals surface area contributed by atoms with Crippen molar-refractivity contribution in [3.05, 3.63) is 29.8 Å². The van der Waals surface area contributed by atoms with E-state index in [1.54, 1.807) is 0 Å². The highest BCUT2D eigenvalue weighted by Crippen LogP contribution is 2.28. The van der Waals surface area contributed by atoms with Gasteiger partial charge in [0, 0.05) is 10.9 Å². The standard InChI is InChI=1S/C15H25NS/c1-4-6-7-11-14(16-5-2)13-10-8-9-12-15(13)17-3/h8-10,12,14,16H,4-7,11H2,1-3H3. The number of unbranched alkanes of at least 4 members (excludes halogenated alkanes) is 2. The predicted octanol–water partition coefficient (Wildman–Crippen LogP) is 4.64. The van der Waals surface area contributed by atoms with Crippen molar-refractivity contribution >= 4 is 11.8 Å². The molecule has 0 saturated heterocycles. The van der Waals surface area contributed by atoms with Gasteiger partial charge in [-0.25, -0.2) is 0 Å². The summed E-state index contributed by atoms with van der Waals surface area (Å²) in [6.45, 7) is 5.49. The average molecular weight is 251 g/mol. The molecule has 1 unspecified atom stereocenters. The summed E-state index contributed by atoms with van der Waals surface area (Å²) in [5, 5.41) is 3.62. The van der Waals surface area contributed by atoms with Gasteiger partial charge in [-0.1, -0.05) is 51.3 Å². The lowest BCUT2D eigenvalue weighted by atomic mass is 10.0. The topological polar surface area (TPSA) is 12.0 Å². The minimum absolute atomic E-state index is 0.523. The molecule has 0 fully saturated rings. The summed E-state index contributed by atoms with van der Waals surface area (Å²) in [5.41, 5.74) is 1.47. The van der Waals surface area contributed by atoms with E-state index >= 15 is 0 Å². The van der Waals surface area contributed by atoms with Crippen molar-refractivity contribution < 1.29 is 0 Å². The SMILES string of the molecule is CCCCCC(NCC)c1ccccc1SC. The smallest absolute Gasteiger partial charge is 0.0331 e. The van der Waals surface area contributed by atoms with E-state index in [9.17, 15) is 0 Å². The zero-order valence-electron chi connectivity index (χ0n) is 11.3. The molecule has 96 valence electrons. The quantitative estimate of drug-likeness (QED) is 0.533. The highest BCUT2D eigenvalue weighted by molar-refractivity contribution is 7.98. The zero-order chi connectivity index (χ0) is 12.5. The Balaban J connectivity index is 2.73. The molecule has 0 radical (unpaired) electrons. The molecule has 1 aromatic carbocycles. The van der Waals surface area contributed by atoms with E-state index in [0.717, 1.165) is 6.54 Å². The summed E-state index contributed by atoms with van der Waals surface area (Å²) in [6, 6.07) is 9.30. The third kappa shape index (κ3) is 4.72. The summed E-state index contributed by atoms with van der Waals surface area (Å²) in [5.74, 6) is 0. The van der Waals surface area contributed by atoms with Crippen LogP contribution in [0.25, 0.3) is 0 Å². The molecule has 1 N–H and O–H groups in total. The third-order valence-electron chi connectivity index (χ3n) is 3.06. The van der Waals surface area contributed by atoms with Gasteiger partial charge in [-0.2, -0.15) is 0 Å². The molecular weight excluding hydrogens is 226 g/mol. The molecule has 0 aliphatic heterocycles. The molecular formula is C15H25NS. The van der Waals surface area contributed by atoms with Crippen molar-refractivity contribution in [2.45, 2.75) is 50.5 Å². The van der Waals surface area contributed by atoms with Crippen LogP contribution >= 0.6 is 11.8 Å². The molecule has 0 aliphatic carbocycles. The van der Waals surface area contributed by atoms with Crippen molar-refractivity contribution in [3.63, 3.8) is 0 Å². The Morgan fingerprint density at radius 3 is 2.59 bits per heavy atom. The Hall–Kier alpha value is -0.470. The van der Waals surface area contributed by atoms with Crippen LogP contribution in [0.1, 0.15) is 51.1 Å². The second-order valence-corrected chi connectivity index (χ2v) is 5.20. The molecule has 1 nitrogen and oxygen atoms in total. The Kier molecular flexibility index (Phi) is 7.38. The molecule has 2 heteroatoms. The first-order valence-electron chi connectivity index (χ1n) is 6.69. The maximum absolute atomic E-state index is 3.62. The molecule has 0 aliphatic rings. The molecule has 1 rings (SSSR count). The number of hydrogen-bond acceptors (Lipinski definition) is 2. The van der Waals surface area contributed by atoms with Crippen molar-refractivity contribution in [2.75, 3.05) is 12.8 Å². The van der Waals surface area contributed by atoms with E-state index in [1.165, 1.54) is 36.1 Å². The van der Waals surface area contributed by atoms with Crippen LogP contribution < -0.4 is 5.32 Å². The molecule has 0 heterocycles. The van der Waals surface area contributed by atoms with Crippen molar-refractivity contribution in [2.24, 2.45) is 0 Å². The molecule has 0 amide bonds. The van der Waals surface area contributed by atoms with Crippen molar-refractivity contribution in [3.8, 4) is 0 Å². The summed E-state index contributed by atoms with van der Waals surface area (Å²) >= 11 is 1.85. The largest absolute Gasteiger partial charge is 0.310 e. The van der Waals surface area contributed by atoms with Gasteiger partial charge in [0.05, 0.1) is 0 Å². The lowest BCUT2D eigenvalue weighted by Crippen LogP contribution is -2.21. The molecule has 1 atom stereocenters. The van der Waals surface area contributed by atoms with Crippen LogP contribution in [0.3, 0.4) is 0 Å². The number of rotatable bonds is 8. The summed E-state index contributed by atoms with van der Waals surface area (Å²) in [7, 11) is 0. The van der Waals surface area contributed by atoms with Crippen LogP contribution in [0.5, 0.6) is 0 Å². The highest BCUT2D eigenvalue weighted by Gasteiger charge is 2.12. The van der Waals surface area contributed by atoms with Gasteiger partial charge < -0.3 is 5.32 Å². The Morgan fingerprint density at radius 1 is 1.18 bits per heavy atom. The summed E-state index contributed by atoms with van der Waals surface area (Å²) in [6.07, 6.45) is 7.36. The fourth-order valence-electron chi connectivity index (χ4n) is 2.17. The molecule has 0 saturated carbocycles. The first-order valence-corrected chi connectivity index (χ1v) is 7.92. The normalized spacial score (nSPS) is 12.6. The number of thioether (sulfide) groups is 1. The average Bonchev–Trinajstić information content (AvgIpc) is 2.38. The first-order chi connectivity index (χ1) is 8.33. The van der Waals surface area contributed by atoms with Crippen LogP contribution in [0.2, 0.25) is 0 Å². The van der Waals surface area contributed by atoms with Gasteiger partial charge in [0.25, 0.3) is 0 Å². The van der Waals surface area contributed by atoms with Gasteiger partial charge in [0.15, 0.2) is 0 Å². The second kappa shape index (κ2) is 8.60. The maximum Gasteiger partial charge on any atom is 0.0331 e. The second-order valence-electron chi connectivity index (χ2n) is 4.35. The van der Waals surface area contributed by atoms with E-state index in [4.69, 9.17) is 0 Å². The molecule has 0 spiro atoms. The van der Waals surface area contributed by atoms with Crippen molar-refractivity contribution in [1.82, 2.24) is 5.32 Å². The zero-order valence-corrected chi connectivity index (χ0v) is 12.1. The van der Waals surface area contributed by atoms with Gasteiger partial charge in [0.1, 0.15) is 0 Å². The number of benzene rings is 1. The Bertz CT molecular complexity index is 312. The van der Waals surface area contributed by atoms with E-state index in [1.807, 2.05) is 11.8 Å². The fourth-order valence-corrected chi connectivity index (χ4v) is 2.83. The third-order valence-corrected chi connectivity index (χ3v) is 3.87. The summed E-state index contributed by atoms with van der Waals surface area (Å²) in [4.78, 5) is 1.41. The van der Waals surface area contributed by atoms with Crippen molar-refractivity contribution in [1.29, 1.82) is 0 Å². The van der Waals surface area contributed by atoms with Gasteiger partial charge in [-0.15, -0.1) is 11.8 Å². The molecule has 17 heavy (non-hydrogen) atoms. The highest BCUT2D eigenvalue weighted by atomic mass is 32.2. The van der Waals surface area contributed by atoms with Crippen LogP contribution in [0.4, 0.5) is 0 Å². The van der Waals surface area contributed by atoms with Gasteiger partial charge in [-0.05, 0) is 30.9 Å². The molecule has 1 aromatic rings. The minimum Gasteiger partial charge on any atom is -0.310 e. The predicted molar refractivity (Wildman–Crippen MR) is 78.8 cm³/mol. The van der Waals surface area contributed by atoms with Crippen LogP contribution in [0.15, 0.2) is 29.2 Å². The van der Waals surface area contributed by atoms with Crippen LogP contribution in [0, 0.1) is 0 Å². The van der Waals surface area contributed by atoms with Gasteiger partial charge >= 0.3 is 0 Å². The number of hydrogen-bond donors (Lipinski definition) is 1. The van der Waals surface area contributed by atoms with Gasteiger partial charge in [0.2, 0.25) is 0 Å². The number of nitrogens with one attached hydrogen (secondary N) is 1. The maximum atomic E-state index is 3.62. The van der Waals surface area contributed by atoms with E-state index in [-0.39, 0.29) is 0 Å². The summed E-state index contributed by atoms with van der Waals surface area (Å²) < 4.78 is 0. The first kappa shape index (κ1) is 14.6. The van der Waals surface area contributed by atoms with Gasteiger partial charge in [-0.3, -0.25) is 0 Å². The lowest BCUT2D eigenvalue weighted by molar-refractivity contribution is 0.481. The monoisotopic (exact) mass is 251 g/mol. The molecule has 0 bridgehead atoms. The Morgan fingerprint density at radius 2 is 1.94 bits per heavy atom. The molecule has 0 aromatic heterocycles.